The fraction of sp³-hybridized carbons (Fsp3) is 0.605. The Morgan fingerprint density at radius 2 is 1.92 bits per heavy atom. The number of sulfonamides is 1. The van der Waals surface area contributed by atoms with Gasteiger partial charge in [-0.05, 0) is 99.4 Å². The normalized spacial score (nSPS) is 32.1. The molecule has 0 saturated carbocycles. The molecule has 0 unspecified atom stereocenters. The molecule has 1 spiro atoms. The zero-order valence-corrected chi connectivity index (χ0v) is 31.1. The van der Waals surface area contributed by atoms with Gasteiger partial charge in [-0.15, -0.1) is 0 Å². The van der Waals surface area contributed by atoms with E-state index in [1.165, 1.54) is 24.1 Å². The minimum atomic E-state index is -4.10. The number of nitrogens with zero attached hydrogens (tertiary/aromatic N) is 3. The lowest BCUT2D eigenvalue weighted by atomic mass is 9.70. The van der Waals surface area contributed by atoms with Crippen molar-refractivity contribution in [1.82, 2.24) is 14.5 Å². The number of benzene rings is 2. The van der Waals surface area contributed by atoms with Gasteiger partial charge in [-0.1, -0.05) is 30.7 Å². The molecule has 2 N–H and O–H groups in total. The summed E-state index contributed by atoms with van der Waals surface area (Å²) in [4.78, 5) is 20.1. The lowest BCUT2D eigenvalue weighted by molar-refractivity contribution is -0.0116. The van der Waals surface area contributed by atoms with Crippen molar-refractivity contribution in [1.29, 1.82) is 0 Å². The molecule has 4 aliphatic heterocycles. The summed E-state index contributed by atoms with van der Waals surface area (Å²) in [6, 6.07) is 10.2. The standard InChI is InChI=1S/C38H50ClFN4O6S/c1-25-7-11-32(40)36(34(45)22-42-15-17-49-18-16-42)44-14-4-6-30(44)21-43-23-38(13-3-5-27-19-29(39)9-10-31(27)38)24-50-35-12-8-28(20-33(35)43)37(46)41-51(47,48)26(25)2/h8-12,19-20,25-26,30,34,36,45H,3-7,13-18,21-24H2,1-2H3,(H,41,46)/b32-11-/t25-,26+,30-,34-,36+,38-/m0/s1. The molecule has 2 aromatic carbocycles. The summed E-state index contributed by atoms with van der Waals surface area (Å²) in [6.45, 7) is 8.17. The number of rotatable bonds is 3. The highest BCUT2D eigenvalue weighted by molar-refractivity contribution is 7.90. The maximum absolute atomic E-state index is 16.7. The number of carbonyl (C=O) groups excluding carboxylic acids is 1. The highest BCUT2D eigenvalue weighted by atomic mass is 35.5. The summed E-state index contributed by atoms with van der Waals surface area (Å²) >= 11 is 6.45. The first kappa shape index (κ1) is 36.6. The van der Waals surface area contributed by atoms with Gasteiger partial charge in [0.2, 0.25) is 10.0 Å². The molecule has 51 heavy (non-hydrogen) atoms. The number of amides is 1. The number of aryl methyl sites for hydroxylation is 1. The van der Waals surface area contributed by atoms with E-state index in [0.29, 0.717) is 75.5 Å². The number of morpholine rings is 1. The van der Waals surface area contributed by atoms with Crippen molar-refractivity contribution in [3.8, 4) is 5.75 Å². The minimum absolute atomic E-state index is 0.105. The number of β-amino-alcohol motifs (C(OH)–C–C–N with tert-alkyl or cyclic N) is 1. The summed E-state index contributed by atoms with van der Waals surface area (Å²) < 4.78 is 58.1. The Morgan fingerprint density at radius 3 is 2.73 bits per heavy atom. The highest BCUT2D eigenvalue weighted by Gasteiger charge is 2.45. The molecule has 1 amide bonds. The summed E-state index contributed by atoms with van der Waals surface area (Å²) in [5.74, 6) is -1.06. The van der Waals surface area contributed by atoms with Crippen LogP contribution in [0.5, 0.6) is 5.75 Å². The zero-order valence-electron chi connectivity index (χ0n) is 29.5. The number of halogens is 2. The van der Waals surface area contributed by atoms with Gasteiger partial charge in [-0.3, -0.25) is 14.6 Å². The van der Waals surface area contributed by atoms with Gasteiger partial charge in [0, 0.05) is 54.8 Å². The molecule has 10 nitrogen and oxygen atoms in total. The van der Waals surface area contributed by atoms with Gasteiger partial charge in [-0.25, -0.2) is 17.5 Å². The second-order valence-corrected chi connectivity index (χ2v) is 17.7. The van der Waals surface area contributed by atoms with Crippen LogP contribution < -0.4 is 14.4 Å². The number of hydrogen-bond acceptors (Lipinski definition) is 9. The van der Waals surface area contributed by atoms with Gasteiger partial charge in [0.1, 0.15) is 11.6 Å². The Balaban J connectivity index is 1.31. The van der Waals surface area contributed by atoms with Crippen LogP contribution in [0.2, 0.25) is 5.02 Å². The van der Waals surface area contributed by atoms with Crippen LogP contribution in [0.1, 0.15) is 67.4 Å². The Kier molecular flexibility index (Phi) is 10.7. The van der Waals surface area contributed by atoms with Crippen LogP contribution in [0.25, 0.3) is 0 Å². The van der Waals surface area contributed by atoms with Gasteiger partial charge in [-0.2, -0.15) is 0 Å². The molecule has 6 atom stereocenters. The molecule has 0 aromatic heterocycles. The van der Waals surface area contributed by atoms with E-state index in [9.17, 15) is 18.3 Å². The van der Waals surface area contributed by atoms with Gasteiger partial charge >= 0.3 is 0 Å². The number of ether oxygens (including phenoxy) is 2. The minimum Gasteiger partial charge on any atom is -0.490 e. The van der Waals surface area contributed by atoms with Crippen molar-refractivity contribution < 1.29 is 32.2 Å². The Labute approximate surface area is 306 Å². The quantitative estimate of drug-likeness (QED) is 0.463. The van der Waals surface area contributed by atoms with Crippen molar-refractivity contribution in [3.63, 3.8) is 0 Å². The summed E-state index contributed by atoms with van der Waals surface area (Å²) in [5, 5.41) is 11.6. The number of nitrogens with one attached hydrogen (secondary N) is 1. The van der Waals surface area contributed by atoms with Crippen molar-refractivity contribution in [2.24, 2.45) is 5.92 Å². The number of aliphatic hydroxyl groups excluding tert-OH is 1. The summed E-state index contributed by atoms with van der Waals surface area (Å²) in [7, 11) is -4.10. The van der Waals surface area contributed by atoms with E-state index in [1.54, 1.807) is 25.1 Å². The average molecular weight is 745 g/mol. The largest absolute Gasteiger partial charge is 0.490 e. The van der Waals surface area contributed by atoms with E-state index in [4.69, 9.17) is 21.1 Å². The molecule has 7 rings (SSSR count). The molecule has 2 bridgehead atoms. The Hall–Kier alpha value is -2.74. The molecular formula is C38H50ClFN4O6S. The van der Waals surface area contributed by atoms with Crippen molar-refractivity contribution in [2.45, 2.75) is 81.2 Å². The lowest BCUT2D eigenvalue weighted by Gasteiger charge is -2.43. The number of hydrogen-bond donors (Lipinski definition) is 2. The monoisotopic (exact) mass is 744 g/mol. The SMILES string of the molecule is C[C@@H]1[C@@H](C)C/C=C(\F)[C@H]([C@@H](O)CN2CCOCC2)N2CCC[C@H]2CN2C[C@@]3(CCCc4cc(Cl)ccc43)COc3ccc(cc32)C(=O)NS1(=O)=O. The third-order valence-electron chi connectivity index (χ3n) is 11.9. The van der Waals surface area contributed by atoms with Crippen molar-refractivity contribution in [2.75, 3.05) is 64.0 Å². The number of carbonyl (C=O) groups is 1. The predicted molar refractivity (Wildman–Crippen MR) is 196 cm³/mol. The van der Waals surface area contributed by atoms with E-state index in [0.717, 1.165) is 32.1 Å². The molecule has 278 valence electrons. The number of allylic oxidation sites excluding steroid dienone is 1. The van der Waals surface area contributed by atoms with Crippen LogP contribution in [0.4, 0.5) is 10.1 Å². The Bertz CT molecular complexity index is 1760. The molecule has 2 fully saturated rings. The predicted octanol–water partition coefficient (Wildman–Crippen LogP) is 4.68. The smallest absolute Gasteiger partial charge is 0.264 e. The lowest BCUT2D eigenvalue weighted by Crippen LogP contribution is -2.55. The third kappa shape index (κ3) is 7.55. The van der Waals surface area contributed by atoms with Gasteiger partial charge in [0.05, 0.1) is 42.9 Å². The maximum Gasteiger partial charge on any atom is 0.264 e. The third-order valence-corrected chi connectivity index (χ3v) is 14.1. The second kappa shape index (κ2) is 14.9. The zero-order chi connectivity index (χ0) is 35.9. The number of anilines is 1. The number of aliphatic hydroxyl groups is 1. The van der Waals surface area contributed by atoms with E-state index in [1.807, 2.05) is 12.1 Å². The van der Waals surface area contributed by atoms with Crippen molar-refractivity contribution in [3.05, 3.63) is 70.0 Å². The molecule has 2 aromatic rings. The first-order valence-corrected chi connectivity index (χ1v) is 20.3. The molecule has 0 radical (unpaired) electrons. The van der Waals surface area contributed by atoms with Crippen LogP contribution in [0.3, 0.4) is 0 Å². The van der Waals surface area contributed by atoms with Crippen LogP contribution >= 0.6 is 11.6 Å². The molecule has 5 aliphatic rings. The van der Waals surface area contributed by atoms with Crippen LogP contribution in [-0.4, -0.2) is 112 Å². The topological polar surface area (TPSA) is 112 Å². The molecular weight excluding hydrogens is 695 g/mol. The van der Waals surface area contributed by atoms with E-state index >= 15 is 4.39 Å². The van der Waals surface area contributed by atoms with E-state index in [-0.39, 0.29) is 23.4 Å². The van der Waals surface area contributed by atoms with Gasteiger partial charge in [0.15, 0.2) is 0 Å². The second-order valence-electron chi connectivity index (χ2n) is 15.2. The first-order chi connectivity index (χ1) is 24.4. The number of fused-ring (bicyclic) bond motifs is 4. The highest BCUT2D eigenvalue weighted by Crippen LogP contribution is 2.45. The molecule has 13 heteroatoms. The molecule has 2 saturated heterocycles. The fourth-order valence-electron chi connectivity index (χ4n) is 8.84. The summed E-state index contributed by atoms with van der Waals surface area (Å²) in [5.41, 5.74) is 2.94. The maximum atomic E-state index is 16.7. The average Bonchev–Trinajstić information content (AvgIpc) is 3.49. The van der Waals surface area contributed by atoms with Crippen molar-refractivity contribution >= 4 is 33.2 Å². The fourth-order valence-corrected chi connectivity index (χ4v) is 10.3. The van der Waals surface area contributed by atoms with E-state index in [2.05, 4.69) is 25.5 Å². The molecule has 4 heterocycles. The molecule has 1 aliphatic carbocycles. The van der Waals surface area contributed by atoms with Gasteiger partial charge in [0.25, 0.3) is 5.91 Å². The Morgan fingerprint density at radius 1 is 1.12 bits per heavy atom. The van der Waals surface area contributed by atoms with Crippen LogP contribution in [0.15, 0.2) is 48.3 Å². The van der Waals surface area contributed by atoms with Crippen LogP contribution in [0, 0.1) is 5.92 Å². The van der Waals surface area contributed by atoms with Crippen LogP contribution in [-0.2, 0) is 26.6 Å². The summed E-state index contributed by atoms with van der Waals surface area (Å²) in [6.07, 6.45) is 5.00. The van der Waals surface area contributed by atoms with E-state index < -0.39 is 45.1 Å². The first-order valence-electron chi connectivity index (χ1n) is 18.4. The van der Waals surface area contributed by atoms with Gasteiger partial charge < -0.3 is 19.5 Å².